The van der Waals surface area contributed by atoms with Crippen molar-refractivity contribution in [3.8, 4) is 28.1 Å². The minimum atomic E-state index is -0.401. The maximum Gasteiger partial charge on any atom is 0.173 e. The van der Waals surface area contributed by atoms with Crippen LogP contribution in [0.15, 0.2) is 48.8 Å². The van der Waals surface area contributed by atoms with Gasteiger partial charge in [0.15, 0.2) is 11.5 Å². The summed E-state index contributed by atoms with van der Waals surface area (Å²) in [5.74, 6) is 0.627. The Kier molecular flexibility index (Phi) is 5.50. The van der Waals surface area contributed by atoms with Crippen LogP contribution in [0.4, 0.5) is 4.39 Å². The average molecular weight is 474 g/mol. The molecule has 0 saturated carbocycles. The van der Waals surface area contributed by atoms with Crippen LogP contribution in [0.3, 0.4) is 0 Å². The van der Waals surface area contributed by atoms with Gasteiger partial charge in [-0.1, -0.05) is 13.0 Å². The van der Waals surface area contributed by atoms with E-state index in [1.54, 1.807) is 22.7 Å². The zero-order valence-corrected chi connectivity index (χ0v) is 19.9. The van der Waals surface area contributed by atoms with E-state index < -0.39 is 5.82 Å². The first-order valence-electron chi connectivity index (χ1n) is 12.1. The highest BCUT2D eigenvalue weighted by atomic mass is 19.1. The quantitative estimate of drug-likeness (QED) is 0.473. The topological polar surface area (TPSA) is 75.8 Å². The highest BCUT2D eigenvalue weighted by molar-refractivity contribution is 5.74. The summed E-state index contributed by atoms with van der Waals surface area (Å²) < 4.78 is 21.7. The number of aromatic hydroxyl groups is 1. The molecule has 2 aliphatic rings. The minimum Gasteiger partial charge on any atom is -0.507 e. The molecule has 5 heterocycles. The number of halogens is 1. The summed E-state index contributed by atoms with van der Waals surface area (Å²) in [6.07, 6.45) is 4.68. The molecule has 0 amide bonds. The smallest absolute Gasteiger partial charge is 0.173 e. The van der Waals surface area contributed by atoms with E-state index >= 15 is 0 Å². The Morgan fingerprint density at radius 2 is 1.91 bits per heavy atom. The van der Waals surface area contributed by atoms with Crippen molar-refractivity contribution in [2.45, 2.75) is 32.2 Å². The molecular formula is C27H28FN5O2. The number of fused-ring (bicyclic) bond motifs is 1. The lowest BCUT2D eigenvalue weighted by atomic mass is 9.88. The molecule has 2 aliphatic heterocycles. The van der Waals surface area contributed by atoms with Gasteiger partial charge in [-0.15, -0.1) is 0 Å². The largest absolute Gasteiger partial charge is 0.507 e. The van der Waals surface area contributed by atoms with E-state index in [1.165, 1.54) is 6.07 Å². The van der Waals surface area contributed by atoms with Gasteiger partial charge in [0.25, 0.3) is 0 Å². The van der Waals surface area contributed by atoms with Crippen LogP contribution in [0.5, 0.6) is 5.75 Å². The Morgan fingerprint density at radius 3 is 2.66 bits per heavy atom. The summed E-state index contributed by atoms with van der Waals surface area (Å²) >= 11 is 0. The molecule has 0 aliphatic carbocycles. The fourth-order valence-corrected chi connectivity index (χ4v) is 5.35. The highest BCUT2D eigenvalue weighted by Gasteiger charge is 2.37. The van der Waals surface area contributed by atoms with Crippen LogP contribution in [0, 0.1) is 18.7 Å². The lowest BCUT2D eigenvalue weighted by Gasteiger charge is -2.47. The van der Waals surface area contributed by atoms with Crippen LogP contribution >= 0.6 is 0 Å². The van der Waals surface area contributed by atoms with Crippen LogP contribution in [0.2, 0.25) is 0 Å². The SMILES string of the molecule is Cc1cn2cc(-c3ccc(-c4ccc(C5CN(C6CCOCC6C)C5)nn4)c(O)c3)cc(F)c2n1. The first-order valence-corrected chi connectivity index (χ1v) is 12.1. The molecule has 0 bridgehead atoms. The lowest BCUT2D eigenvalue weighted by molar-refractivity contribution is -0.0343. The molecule has 2 unspecified atom stereocenters. The zero-order valence-electron chi connectivity index (χ0n) is 19.9. The number of aromatic nitrogens is 4. The van der Waals surface area contributed by atoms with Crippen molar-refractivity contribution in [3.05, 3.63) is 66.0 Å². The molecule has 8 heteroatoms. The number of imidazole rings is 1. The van der Waals surface area contributed by atoms with Gasteiger partial charge in [-0.05, 0) is 55.2 Å². The third-order valence-electron chi connectivity index (χ3n) is 7.31. The Morgan fingerprint density at radius 1 is 1.06 bits per heavy atom. The minimum absolute atomic E-state index is 0.0789. The molecular weight excluding hydrogens is 445 g/mol. The number of rotatable bonds is 4. The van der Waals surface area contributed by atoms with Crippen molar-refractivity contribution in [2.75, 3.05) is 26.3 Å². The predicted molar refractivity (Wildman–Crippen MR) is 131 cm³/mol. The van der Waals surface area contributed by atoms with Gasteiger partial charge in [-0.3, -0.25) is 4.90 Å². The maximum absolute atomic E-state index is 14.5. The van der Waals surface area contributed by atoms with E-state index in [0.717, 1.165) is 44.1 Å². The van der Waals surface area contributed by atoms with Crippen LogP contribution in [0.25, 0.3) is 28.0 Å². The number of phenolic OH excluding ortho intramolecular Hbond substituents is 1. The molecule has 4 aromatic rings. The summed E-state index contributed by atoms with van der Waals surface area (Å²) in [5.41, 5.74) is 4.59. The molecule has 0 radical (unpaired) electrons. The summed E-state index contributed by atoms with van der Waals surface area (Å²) in [6, 6.07) is 11.2. The number of ether oxygens (including phenoxy) is 1. The van der Waals surface area contributed by atoms with E-state index in [2.05, 4.69) is 27.0 Å². The predicted octanol–water partition coefficient (Wildman–Crippen LogP) is 4.44. The zero-order chi connectivity index (χ0) is 24.1. The first kappa shape index (κ1) is 22.1. The highest BCUT2D eigenvalue weighted by Crippen LogP contribution is 2.35. The Bertz CT molecular complexity index is 1380. The molecule has 2 saturated heterocycles. The number of hydrogen-bond donors (Lipinski definition) is 1. The van der Waals surface area contributed by atoms with Crippen molar-refractivity contribution < 1.29 is 14.2 Å². The standard InChI is InChI=1S/C27H28FN5O2/c1-16-15-35-8-7-25(16)32-13-20(14-32)23-5-6-24(31-30-23)21-4-3-18(10-26(21)34)19-9-22(28)27-29-17(2)11-33(27)12-19/h3-6,9-12,16,20,25,34H,7-8,13-15H2,1-2H3. The summed E-state index contributed by atoms with van der Waals surface area (Å²) in [4.78, 5) is 6.73. The molecule has 2 atom stereocenters. The third kappa shape index (κ3) is 4.06. The monoisotopic (exact) mass is 473 g/mol. The number of likely N-dealkylation sites (tertiary alicyclic amines) is 1. The van der Waals surface area contributed by atoms with Crippen molar-refractivity contribution in [1.82, 2.24) is 24.5 Å². The first-order chi connectivity index (χ1) is 17.0. The number of nitrogens with zero attached hydrogens (tertiary/aromatic N) is 5. The van der Waals surface area contributed by atoms with Gasteiger partial charge >= 0.3 is 0 Å². The van der Waals surface area contributed by atoms with Gasteiger partial charge in [-0.2, -0.15) is 10.2 Å². The molecule has 1 N–H and O–H groups in total. The number of pyridine rings is 1. The van der Waals surface area contributed by atoms with E-state index in [9.17, 15) is 9.50 Å². The number of aryl methyl sites for hydroxylation is 1. The summed E-state index contributed by atoms with van der Waals surface area (Å²) in [6.45, 7) is 7.78. The van der Waals surface area contributed by atoms with Crippen molar-refractivity contribution in [2.24, 2.45) is 5.92 Å². The van der Waals surface area contributed by atoms with Crippen LogP contribution in [0.1, 0.15) is 30.7 Å². The lowest BCUT2D eigenvalue weighted by Crippen LogP contribution is -2.55. The molecule has 1 aromatic carbocycles. The van der Waals surface area contributed by atoms with Crippen LogP contribution in [-0.2, 0) is 4.74 Å². The summed E-state index contributed by atoms with van der Waals surface area (Å²) in [7, 11) is 0. The summed E-state index contributed by atoms with van der Waals surface area (Å²) in [5, 5.41) is 19.6. The van der Waals surface area contributed by atoms with Gasteiger partial charge < -0.3 is 14.2 Å². The third-order valence-corrected chi connectivity index (χ3v) is 7.31. The van der Waals surface area contributed by atoms with Crippen molar-refractivity contribution in [3.63, 3.8) is 0 Å². The molecule has 35 heavy (non-hydrogen) atoms. The van der Waals surface area contributed by atoms with E-state index in [-0.39, 0.29) is 5.75 Å². The molecule has 0 spiro atoms. The van der Waals surface area contributed by atoms with Gasteiger partial charge in [0.05, 0.1) is 23.7 Å². The number of phenols is 1. The van der Waals surface area contributed by atoms with Crippen molar-refractivity contribution in [1.29, 1.82) is 0 Å². The molecule has 180 valence electrons. The van der Waals surface area contributed by atoms with E-state index in [4.69, 9.17) is 4.74 Å². The normalized spacial score (nSPS) is 21.3. The number of hydrogen-bond acceptors (Lipinski definition) is 6. The molecule has 7 nitrogen and oxygen atoms in total. The second-order valence-corrected chi connectivity index (χ2v) is 9.82. The van der Waals surface area contributed by atoms with Crippen LogP contribution in [-0.4, -0.2) is 61.9 Å². The maximum atomic E-state index is 14.5. The second-order valence-electron chi connectivity index (χ2n) is 9.82. The average Bonchev–Trinajstić information content (AvgIpc) is 3.21. The Labute approximate surface area is 203 Å². The van der Waals surface area contributed by atoms with E-state index in [0.29, 0.717) is 45.9 Å². The van der Waals surface area contributed by atoms with Crippen molar-refractivity contribution >= 4 is 5.65 Å². The van der Waals surface area contributed by atoms with E-state index in [1.807, 2.05) is 31.3 Å². The number of benzene rings is 1. The Balaban J connectivity index is 1.18. The van der Waals surface area contributed by atoms with Gasteiger partial charge in [0.2, 0.25) is 0 Å². The Hall–Kier alpha value is -3.36. The fraction of sp³-hybridized carbons (Fsp3) is 0.370. The van der Waals surface area contributed by atoms with Gasteiger partial charge in [-0.25, -0.2) is 9.37 Å². The van der Waals surface area contributed by atoms with Crippen LogP contribution < -0.4 is 0 Å². The fourth-order valence-electron chi connectivity index (χ4n) is 5.35. The molecule has 2 fully saturated rings. The second kappa shape index (κ2) is 8.70. The van der Waals surface area contributed by atoms with Gasteiger partial charge in [0, 0.05) is 55.2 Å². The molecule has 3 aromatic heterocycles. The van der Waals surface area contributed by atoms with Gasteiger partial charge in [0.1, 0.15) is 5.75 Å². The molecule has 6 rings (SSSR count).